The molecule has 0 radical (unpaired) electrons. The molecule has 3 nitrogen and oxygen atoms in total. The van der Waals surface area contributed by atoms with Crippen LogP contribution >= 0.6 is 0 Å². The maximum Gasteiger partial charge on any atom is 0.0647 e. The summed E-state index contributed by atoms with van der Waals surface area (Å²) in [7, 11) is 0. The molecule has 0 aromatic rings. The minimum atomic E-state index is -0.526. The van der Waals surface area contributed by atoms with Gasteiger partial charge in [0, 0.05) is 6.54 Å². The lowest BCUT2D eigenvalue weighted by Gasteiger charge is -2.29. The van der Waals surface area contributed by atoms with Gasteiger partial charge in [-0.3, -0.25) is 0 Å². The average molecular weight is 215 g/mol. The van der Waals surface area contributed by atoms with Gasteiger partial charge in [0.1, 0.15) is 0 Å². The van der Waals surface area contributed by atoms with Crippen LogP contribution in [-0.4, -0.2) is 35.5 Å². The summed E-state index contributed by atoms with van der Waals surface area (Å²) in [5, 5.41) is 21.5. The number of allylic oxidation sites excluding steroid dienone is 1. The fraction of sp³-hybridized carbons (Fsp3) is 0.833. The first-order valence-corrected chi connectivity index (χ1v) is 5.72. The third-order valence-electron chi connectivity index (χ3n) is 2.65. The highest BCUT2D eigenvalue weighted by Gasteiger charge is 2.24. The van der Waals surface area contributed by atoms with Crippen molar-refractivity contribution >= 4 is 0 Å². The van der Waals surface area contributed by atoms with E-state index in [2.05, 4.69) is 31.3 Å². The lowest BCUT2D eigenvalue weighted by atomic mass is 9.98. The molecule has 3 heteroatoms. The van der Waals surface area contributed by atoms with E-state index in [1.807, 2.05) is 6.92 Å². The molecular formula is C12H25NO2. The van der Waals surface area contributed by atoms with Crippen molar-refractivity contribution in [3.8, 4) is 0 Å². The summed E-state index contributed by atoms with van der Waals surface area (Å²) in [6.45, 7) is 6.94. The quantitative estimate of drug-likeness (QED) is 0.535. The zero-order chi connectivity index (χ0) is 11.7. The van der Waals surface area contributed by atoms with Crippen molar-refractivity contribution in [3.63, 3.8) is 0 Å². The SMILES string of the molecule is CCC(CO)(CO)NC/C=C/CC(C)C. The Kier molecular flexibility index (Phi) is 7.65. The van der Waals surface area contributed by atoms with Gasteiger partial charge in [-0.2, -0.15) is 0 Å². The first kappa shape index (κ1) is 14.6. The number of rotatable bonds is 8. The molecule has 0 heterocycles. The molecule has 90 valence electrons. The van der Waals surface area contributed by atoms with E-state index in [1.54, 1.807) is 0 Å². The normalized spacial score (nSPS) is 12.9. The molecule has 0 fully saturated rings. The molecule has 0 aliphatic rings. The second-order valence-corrected chi connectivity index (χ2v) is 4.43. The van der Waals surface area contributed by atoms with Crippen molar-refractivity contribution in [1.29, 1.82) is 0 Å². The lowest BCUT2D eigenvalue weighted by molar-refractivity contribution is 0.0908. The molecule has 0 aliphatic carbocycles. The van der Waals surface area contributed by atoms with Crippen LogP contribution in [0.15, 0.2) is 12.2 Å². The fourth-order valence-corrected chi connectivity index (χ4v) is 1.24. The summed E-state index contributed by atoms with van der Waals surface area (Å²) in [6.07, 6.45) is 5.97. The van der Waals surface area contributed by atoms with Crippen LogP contribution in [0, 0.1) is 5.92 Å². The highest BCUT2D eigenvalue weighted by atomic mass is 16.3. The fourth-order valence-electron chi connectivity index (χ4n) is 1.24. The van der Waals surface area contributed by atoms with Crippen molar-refractivity contribution in [1.82, 2.24) is 5.32 Å². The molecule has 15 heavy (non-hydrogen) atoms. The predicted molar refractivity (Wildman–Crippen MR) is 63.8 cm³/mol. The Balaban J connectivity index is 3.85. The van der Waals surface area contributed by atoms with E-state index in [0.29, 0.717) is 12.5 Å². The predicted octanol–water partition coefficient (Wildman–Crippen LogP) is 1.31. The van der Waals surface area contributed by atoms with Gasteiger partial charge in [0.15, 0.2) is 0 Å². The maximum absolute atomic E-state index is 9.17. The molecule has 0 spiro atoms. The minimum Gasteiger partial charge on any atom is -0.394 e. The van der Waals surface area contributed by atoms with Gasteiger partial charge in [-0.05, 0) is 18.8 Å². The van der Waals surface area contributed by atoms with Crippen molar-refractivity contribution in [3.05, 3.63) is 12.2 Å². The maximum atomic E-state index is 9.17. The number of aliphatic hydroxyl groups is 2. The van der Waals surface area contributed by atoms with Crippen molar-refractivity contribution in [2.45, 2.75) is 39.2 Å². The molecule has 3 N–H and O–H groups in total. The highest BCUT2D eigenvalue weighted by Crippen LogP contribution is 2.07. The molecular weight excluding hydrogens is 190 g/mol. The van der Waals surface area contributed by atoms with Crippen molar-refractivity contribution in [2.75, 3.05) is 19.8 Å². The number of hydrogen-bond donors (Lipinski definition) is 3. The Hall–Kier alpha value is -0.380. The molecule has 0 bridgehead atoms. The van der Waals surface area contributed by atoms with E-state index in [4.69, 9.17) is 0 Å². The number of hydrogen-bond acceptors (Lipinski definition) is 3. The smallest absolute Gasteiger partial charge is 0.0647 e. The second kappa shape index (κ2) is 7.85. The van der Waals surface area contributed by atoms with Gasteiger partial charge < -0.3 is 15.5 Å². The third-order valence-corrected chi connectivity index (χ3v) is 2.65. The Morgan fingerprint density at radius 2 is 1.80 bits per heavy atom. The number of nitrogens with one attached hydrogen (secondary N) is 1. The Bertz CT molecular complexity index is 166. The summed E-state index contributed by atoms with van der Waals surface area (Å²) in [6, 6.07) is 0. The lowest BCUT2D eigenvalue weighted by Crippen LogP contribution is -2.51. The minimum absolute atomic E-state index is 0.0297. The van der Waals surface area contributed by atoms with Crippen LogP contribution in [-0.2, 0) is 0 Å². The Morgan fingerprint density at radius 3 is 2.20 bits per heavy atom. The van der Waals surface area contributed by atoms with Gasteiger partial charge in [0.25, 0.3) is 0 Å². The Labute approximate surface area is 93.2 Å². The van der Waals surface area contributed by atoms with E-state index in [0.717, 1.165) is 12.8 Å². The second-order valence-electron chi connectivity index (χ2n) is 4.43. The summed E-state index contributed by atoms with van der Waals surface area (Å²) >= 11 is 0. The van der Waals surface area contributed by atoms with Gasteiger partial charge in [-0.1, -0.05) is 32.9 Å². The van der Waals surface area contributed by atoms with Crippen LogP contribution in [0.4, 0.5) is 0 Å². The van der Waals surface area contributed by atoms with Gasteiger partial charge in [0.2, 0.25) is 0 Å². The molecule has 0 atom stereocenters. The number of aliphatic hydroxyl groups excluding tert-OH is 2. The standard InChI is InChI=1S/C12H25NO2/c1-4-12(9-14,10-15)13-8-6-5-7-11(2)3/h5-6,11,13-15H,4,7-10H2,1-3H3/b6-5+. The molecule has 0 aromatic heterocycles. The molecule has 0 saturated heterocycles. The van der Waals surface area contributed by atoms with E-state index < -0.39 is 5.54 Å². The van der Waals surface area contributed by atoms with Crippen LogP contribution in [0.1, 0.15) is 33.6 Å². The van der Waals surface area contributed by atoms with E-state index in [-0.39, 0.29) is 13.2 Å². The zero-order valence-corrected chi connectivity index (χ0v) is 10.2. The van der Waals surface area contributed by atoms with Crippen LogP contribution in [0.25, 0.3) is 0 Å². The topological polar surface area (TPSA) is 52.5 Å². The van der Waals surface area contributed by atoms with Crippen LogP contribution in [0.5, 0.6) is 0 Å². The largest absolute Gasteiger partial charge is 0.394 e. The van der Waals surface area contributed by atoms with E-state index in [1.165, 1.54) is 0 Å². The van der Waals surface area contributed by atoms with Crippen LogP contribution < -0.4 is 5.32 Å². The third kappa shape index (κ3) is 5.92. The average Bonchev–Trinajstić information content (AvgIpc) is 2.24. The van der Waals surface area contributed by atoms with Crippen LogP contribution in [0.2, 0.25) is 0 Å². The van der Waals surface area contributed by atoms with E-state index in [9.17, 15) is 10.2 Å². The van der Waals surface area contributed by atoms with Crippen molar-refractivity contribution in [2.24, 2.45) is 5.92 Å². The monoisotopic (exact) mass is 215 g/mol. The molecule has 0 amide bonds. The van der Waals surface area contributed by atoms with Crippen molar-refractivity contribution < 1.29 is 10.2 Å². The Morgan fingerprint density at radius 1 is 1.20 bits per heavy atom. The summed E-state index contributed by atoms with van der Waals surface area (Å²) in [5.41, 5.74) is -0.526. The first-order valence-electron chi connectivity index (χ1n) is 5.72. The van der Waals surface area contributed by atoms with Gasteiger partial charge in [-0.25, -0.2) is 0 Å². The molecule has 0 aromatic carbocycles. The molecule has 0 unspecified atom stereocenters. The molecule has 0 aliphatic heterocycles. The summed E-state index contributed by atoms with van der Waals surface area (Å²) in [4.78, 5) is 0. The van der Waals surface area contributed by atoms with Gasteiger partial charge >= 0.3 is 0 Å². The summed E-state index contributed by atoms with van der Waals surface area (Å²) in [5.74, 6) is 0.674. The van der Waals surface area contributed by atoms with E-state index >= 15 is 0 Å². The molecule has 0 rings (SSSR count). The molecule has 0 saturated carbocycles. The highest BCUT2D eigenvalue weighted by molar-refractivity contribution is 4.91. The zero-order valence-electron chi connectivity index (χ0n) is 10.2. The first-order chi connectivity index (χ1) is 7.10. The summed E-state index contributed by atoms with van der Waals surface area (Å²) < 4.78 is 0. The van der Waals surface area contributed by atoms with Crippen LogP contribution in [0.3, 0.4) is 0 Å². The van der Waals surface area contributed by atoms with Gasteiger partial charge in [0.05, 0.1) is 18.8 Å². The van der Waals surface area contributed by atoms with Gasteiger partial charge in [-0.15, -0.1) is 0 Å².